The van der Waals surface area contributed by atoms with Crippen molar-refractivity contribution >= 4 is 63.3 Å². The van der Waals surface area contributed by atoms with Gasteiger partial charge in [0.2, 0.25) is 5.78 Å². The summed E-state index contributed by atoms with van der Waals surface area (Å²) in [5, 5.41) is 13.8. The lowest BCUT2D eigenvalue weighted by atomic mass is 10.1. The van der Waals surface area contributed by atoms with Crippen molar-refractivity contribution in [1.29, 1.82) is 0 Å². The summed E-state index contributed by atoms with van der Waals surface area (Å²) in [5.74, 6) is -0.771. The molecule has 0 radical (unpaired) electrons. The van der Waals surface area contributed by atoms with Gasteiger partial charge >= 0.3 is 0 Å². The third-order valence-corrected chi connectivity index (χ3v) is 3.73. The van der Waals surface area contributed by atoms with E-state index in [1.165, 1.54) is 24.3 Å². The summed E-state index contributed by atoms with van der Waals surface area (Å²) in [6, 6.07) is 12.4. The monoisotopic (exact) mass is 399 g/mol. The fourth-order valence-corrected chi connectivity index (χ4v) is 2.09. The van der Waals surface area contributed by atoms with Crippen LogP contribution in [0.1, 0.15) is 5.56 Å². The van der Waals surface area contributed by atoms with E-state index in [-0.39, 0.29) is 11.4 Å². The second kappa shape index (κ2) is 7.74. The predicted molar refractivity (Wildman–Crippen MR) is 101 cm³/mol. The van der Waals surface area contributed by atoms with Crippen molar-refractivity contribution in [3.8, 4) is 0 Å². The van der Waals surface area contributed by atoms with Gasteiger partial charge < -0.3 is 11.1 Å². The maximum absolute atomic E-state index is 12.0. The summed E-state index contributed by atoms with van der Waals surface area (Å²) in [4.78, 5) is 22.3. The number of nitrogens with two attached hydrogens (primary N) is 1. The maximum Gasteiger partial charge on any atom is 0.269 e. The quantitative estimate of drug-likeness (QED) is 0.252. The lowest BCUT2D eigenvalue weighted by Gasteiger charge is -2.14. The molecule has 0 fully saturated rings. The summed E-state index contributed by atoms with van der Waals surface area (Å²) < 4.78 is -2.13. The van der Waals surface area contributed by atoms with Crippen LogP contribution in [-0.2, 0) is 4.79 Å². The zero-order valence-electron chi connectivity index (χ0n) is 12.6. The Hall–Kier alpha value is -2.28. The zero-order valence-corrected chi connectivity index (χ0v) is 14.8. The zero-order chi connectivity index (χ0) is 18.6. The van der Waals surface area contributed by atoms with Gasteiger partial charge in [-0.1, -0.05) is 46.9 Å². The number of nitro benzene ring substituents is 1. The lowest BCUT2D eigenvalue weighted by molar-refractivity contribution is -0.384. The fraction of sp³-hybridized carbons (Fsp3) is 0.0625. The van der Waals surface area contributed by atoms with E-state index in [0.717, 1.165) is 6.08 Å². The third kappa shape index (κ3) is 5.09. The van der Waals surface area contributed by atoms with Crippen molar-refractivity contribution in [3.05, 3.63) is 70.3 Å². The first-order valence-corrected chi connectivity index (χ1v) is 8.01. The average Bonchev–Trinajstić information content (AvgIpc) is 2.55. The van der Waals surface area contributed by atoms with Gasteiger partial charge in [0.05, 0.1) is 16.3 Å². The van der Waals surface area contributed by atoms with Gasteiger partial charge in [0.15, 0.2) is 0 Å². The van der Waals surface area contributed by atoms with Crippen molar-refractivity contribution in [2.24, 2.45) is 0 Å². The van der Waals surface area contributed by atoms with E-state index >= 15 is 0 Å². The molecule has 2 aromatic rings. The third-order valence-electron chi connectivity index (χ3n) is 3.17. The van der Waals surface area contributed by atoms with Crippen LogP contribution in [-0.4, -0.2) is 14.5 Å². The normalized spacial score (nSPS) is 11.9. The van der Waals surface area contributed by atoms with E-state index in [2.05, 4.69) is 5.32 Å². The van der Waals surface area contributed by atoms with E-state index < -0.39 is 14.5 Å². The van der Waals surface area contributed by atoms with Crippen LogP contribution in [0.2, 0.25) is 0 Å². The number of alkyl halides is 3. The number of nitrogens with one attached hydrogen (secondary N) is 1. The van der Waals surface area contributed by atoms with Gasteiger partial charge in [-0.25, -0.2) is 0 Å². The first kappa shape index (κ1) is 19.1. The summed E-state index contributed by atoms with van der Waals surface area (Å²) >= 11 is 16.8. The van der Waals surface area contributed by atoms with E-state index in [1.54, 1.807) is 24.3 Å². The highest BCUT2D eigenvalue weighted by atomic mass is 35.6. The highest BCUT2D eigenvalue weighted by Gasteiger charge is 2.29. The molecule has 0 saturated heterocycles. The molecule has 130 valence electrons. The highest BCUT2D eigenvalue weighted by Crippen LogP contribution is 2.30. The molecule has 0 amide bonds. The van der Waals surface area contributed by atoms with Crippen LogP contribution in [0.4, 0.5) is 17.1 Å². The molecule has 0 aliphatic carbocycles. The number of nitrogen functional groups attached to an aromatic ring is 1. The van der Waals surface area contributed by atoms with Crippen molar-refractivity contribution in [2.45, 2.75) is 3.79 Å². The van der Waals surface area contributed by atoms with E-state index in [0.29, 0.717) is 16.9 Å². The van der Waals surface area contributed by atoms with Crippen molar-refractivity contribution < 1.29 is 9.72 Å². The molecule has 2 rings (SSSR count). The molecule has 9 heteroatoms. The molecule has 0 aliphatic rings. The van der Waals surface area contributed by atoms with Crippen molar-refractivity contribution in [2.75, 3.05) is 11.1 Å². The van der Waals surface area contributed by atoms with Crippen molar-refractivity contribution in [1.82, 2.24) is 0 Å². The van der Waals surface area contributed by atoms with Gasteiger partial charge in [0, 0.05) is 23.9 Å². The Labute approximate surface area is 158 Å². The number of rotatable bonds is 5. The van der Waals surface area contributed by atoms with Gasteiger partial charge in [-0.15, -0.1) is 0 Å². The molecule has 0 aromatic heterocycles. The number of para-hydroxylation sites is 2. The average molecular weight is 401 g/mol. The largest absolute Gasteiger partial charge is 0.397 e. The van der Waals surface area contributed by atoms with E-state index in [9.17, 15) is 14.9 Å². The molecule has 3 N–H and O–H groups in total. The number of benzene rings is 2. The number of ketones is 1. The minimum absolute atomic E-state index is 0.0879. The number of anilines is 2. The number of carbonyl (C=O) groups is 1. The van der Waals surface area contributed by atoms with Crippen LogP contribution >= 0.6 is 34.8 Å². The number of allylic oxidation sites excluding steroid dienone is 1. The molecular formula is C16H12Cl3N3O3. The molecule has 6 nitrogen and oxygen atoms in total. The van der Waals surface area contributed by atoms with Crippen molar-refractivity contribution in [3.63, 3.8) is 0 Å². The summed E-state index contributed by atoms with van der Waals surface area (Å²) in [6.45, 7) is 0. The van der Waals surface area contributed by atoms with E-state index in [4.69, 9.17) is 40.5 Å². The Morgan fingerprint density at radius 3 is 2.24 bits per heavy atom. The second-order valence-electron chi connectivity index (χ2n) is 4.94. The Kier molecular flexibility index (Phi) is 5.89. The van der Waals surface area contributed by atoms with Crippen LogP contribution in [0, 0.1) is 10.1 Å². The van der Waals surface area contributed by atoms with Crippen LogP contribution in [0.3, 0.4) is 0 Å². The minimum Gasteiger partial charge on any atom is -0.397 e. The number of hydrogen-bond acceptors (Lipinski definition) is 5. The summed E-state index contributed by atoms with van der Waals surface area (Å²) in [7, 11) is 0. The van der Waals surface area contributed by atoms with Gasteiger partial charge in [-0.3, -0.25) is 14.9 Å². The lowest BCUT2D eigenvalue weighted by Crippen LogP contribution is -2.17. The molecule has 0 saturated carbocycles. The number of halogens is 3. The highest BCUT2D eigenvalue weighted by molar-refractivity contribution is 6.77. The number of hydrogen-bond donors (Lipinski definition) is 2. The minimum atomic E-state index is -2.13. The maximum atomic E-state index is 12.0. The molecule has 0 bridgehead atoms. The molecule has 0 unspecified atom stereocenters. The number of nitro groups is 1. The molecule has 25 heavy (non-hydrogen) atoms. The number of nitrogens with zero attached hydrogens (tertiary/aromatic N) is 1. The number of non-ortho nitro benzene ring substituents is 1. The van der Waals surface area contributed by atoms with Gasteiger partial charge in [0.1, 0.15) is 0 Å². The van der Waals surface area contributed by atoms with Gasteiger partial charge in [-0.2, -0.15) is 0 Å². The van der Waals surface area contributed by atoms with Gasteiger partial charge in [-0.05, 0) is 29.8 Å². The SMILES string of the molecule is Nc1ccccc1N/C(=C/C(=O)C(Cl)(Cl)Cl)c1ccc([N+](=O)[O-])cc1. The molecule has 0 aliphatic heterocycles. The Balaban J connectivity index is 2.45. The molecule has 0 atom stereocenters. The first-order valence-electron chi connectivity index (χ1n) is 6.87. The smallest absolute Gasteiger partial charge is 0.269 e. The fourth-order valence-electron chi connectivity index (χ4n) is 1.92. The standard InChI is InChI=1S/C16H12Cl3N3O3/c17-16(18,19)15(23)9-14(21-13-4-2-1-3-12(13)20)10-5-7-11(8-6-10)22(24)25/h1-9,21H,20H2/b14-9+. The van der Waals surface area contributed by atoms with Gasteiger partial charge in [0.25, 0.3) is 9.48 Å². The first-order chi connectivity index (χ1) is 11.7. The topological polar surface area (TPSA) is 98.3 Å². The Morgan fingerprint density at radius 1 is 1.12 bits per heavy atom. The van der Waals surface area contributed by atoms with Crippen LogP contribution in [0.15, 0.2) is 54.6 Å². The second-order valence-corrected chi connectivity index (χ2v) is 7.22. The molecular weight excluding hydrogens is 389 g/mol. The molecule has 0 spiro atoms. The van der Waals surface area contributed by atoms with Crippen LogP contribution in [0.25, 0.3) is 5.70 Å². The predicted octanol–water partition coefficient (Wildman–Crippen LogP) is 4.57. The molecule has 2 aromatic carbocycles. The molecule has 0 heterocycles. The summed E-state index contributed by atoms with van der Waals surface area (Å²) in [5.41, 5.74) is 7.53. The summed E-state index contributed by atoms with van der Waals surface area (Å²) in [6.07, 6.45) is 1.11. The van der Waals surface area contributed by atoms with E-state index in [1.807, 2.05) is 0 Å². The Morgan fingerprint density at radius 2 is 1.72 bits per heavy atom. The van der Waals surface area contributed by atoms with Crippen LogP contribution in [0.5, 0.6) is 0 Å². The number of carbonyl (C=O) groups excluding carboxylic acids is 1. The van der Waals surface area contributed by atoms with Crippen LogP contribution < -0.4 is 11.1 Å². The Bertz CT molecular complexity index is 831.